The predicted octanol–water partition coefficient (Wildman–Crippen LogP) is 3.73. The Kier molecular flexibility index (Phi) is 9.74. The fraction of sp³-hybridized carbons (Fsp3) is 0.517. The molecule has 40 heavy (non-hydrogen) atoms. The summed E-state index contributed by atoms with van der Waals surface area (Å²) in [5.41, 5.74) is 0.172. The molecule has 2 heterocycles. The summed E-state index contributed by atoms with van der Waals surface area (Å²) < 4.78 is 50.6. The van der Waals surface area contributed by atoms with Crippen LogP contribution in [0.25, 0.3) is 0 Å². The van der Waals surface area contributed by atoms with Gasteiger partial charge in [0, 0.05) is 43.1 Å². The third-order valence-electron chi connectivity index (χ3n) is 7.71. The van der Waals surface area contributed by atoms with Crippen molar-refractivity contribution in [3.63, 3.8) is 0 Å². The number of ether oxygens (including phenoxy) is 1. The van der Waals surface area contributed by atoms with Gasteiger partial charge in [-0.2, -0.15) is 8.61 Å². The van der Waals surface area contributed by atoms with Crippen molar-refractivity contribution in [2.24, 2.45) is 0 Å². The van der Waals surface area contributed by atoms with Crippen molar-refractivity contribution in [2.45, 2.75) is 67.5 Å². The first-order valence-corrected chi connectivity index (χ1v) is 16.2. The average molecular weight is 590 g/mol. The van der Waals surface area contributed by atoms with E-state index in [4.69, 9.17) is 4.74 Å². The van der Waals surface area contributed by atoms with Gasteiger partial charge in [-0.3, -0.25) is 9.59 Å². The predicted molar refractivity (Wildman–Crippen MR) is 154 cm³/mol. The standard InChI is InChI=1S/C29H39N3O6S2/c1-22(33)24-8-12-27(13-9-24)39(35)32-26(7-5-6-18-30(3)4)21-38-29(32)16-19-31(20-17-29)40(36,37)28-14-10-25(11-15-28)23(2)34/h8-15,26H,5-7,16-21H2,1-4H3. The van der Waals surface area contributed by atoms with Gasteiger partial charge < -0.3 is 9.64 Å². The number of carbonyl (C=O) groups excluding carboxylic acids is 2. The fourth-order valence-electron chi connectivity index (χ4n) is 5.38. The SMILES string of the molecule is CC(=O)c1ccc(S(=O)N2C(CCCCN(C)C)COC23CCN(S(=O)(=O)c2ccc(C(C)=O)cc2)CC3)cc1. The van der Waals surface area contributed by atoms with E-state index in [1.54, 1.807) is 24.3 Å². The Morgan fingerprint density at radius 2 is 1.50 bits per heavy atom. The van der Waals surface area contributed by atoms with Crippen LogP contribution in [0.5, 0.6) is 0 Å². The molecule has 0 aromatic heterocycles. The van der Waals surface area contributed by atoms with Gasteiger partial charge in [0.25, 0.3) is 0 Å². The second-order valence-electron chi connectivity index (χ2n) is 10.9. The van der Waals surface area contributed by atoms with Gasteiger partial charge in [-0.05, 0) is 71.6 Å². The zero-order valence-electron chi connectivity index (χ0n) is 23.7. The van der Waals surface area contributed by atoms with E-state index in [1.807, 2.05) is 18.4 Å². The van der Waals surface area contributed by atoms with Gasteiger partial charge in [0.15, 0.2) is 11.6 Å². The summed E-state index contributed by atoms with van der Waals surface area (Å²) in [7, 11) is -1.23. The third-order valence-corrected chi connectivity index (χ3v) is 11.3. The summed E-state index contributed by atoms with van der Waals surface area (Å²) in [4.78, 5) is 26.2. The number of Topliss-reactive ketones (excluding diaryl/α,β-unsaturated/α-hetero) is 2. The molecule has 218 valence electrons. The van der Waals surface area contributed by atoms with Crippen LogP contribution in [0.2, 0.25) is 0 Å². The first-order valence-electron chi connectivity index (χ1n) is 13.7. The Bertz CT molecular complexity index is 1330. The van der Waals surface area contributed by atoms with E-state index in [0.717, 1.165) is 25.8 Å². The third kappa shape index (κ3) is 6.61. The molecule has 2 unspecified atom stereocenters. The first-order chi connectivity index (χ1) is 18.9. The van der Waals surface area contributed by atoms with Crippen molar-refractivity contribution in [3.8, 4) is 0 Å². The van der Waals surface area contributed by atoms with E-state index in [1.165, 1.54) is 42.4 Å². The first kappa shape index (κ1) is 30.7. The van der Waals surface area contributed by atoms with Gasteiger partial charge in [0.2, 0.25) is 10.0 Å². The normalized spacial score (nSPS) is 20.7. The van der Waals surface area contributed by atoms with Crippen molar-refractivity contribution in [3.05, 3.63) is 59.7 Å². The molecule has 2 aliphatic heterocycles. The number of unbranched alkanes of at least 4 members (excludes halogenated alkanes) is 1. The smallest absolute Gasteiger partial charge is 0.243 e. The van der Waals surface area contributed by atoms with Crippen molar-refractivity contribution in [2.75, 3.05) is 40.3 Å². The van der Waals surface area contributed by atoms with Crippen LogP contribution in [-0.4, -0.2) is 89.8 Å². The highest BCUT2D eigenvalue weighted by atomic mass is 32.2. The molecule has 2 aliphatic rings. The maximum atomic E-state index is 14.0. The van der Waals surface area contributed by atoms with Gasteiger partial charge in [-0.25, -0.2) is 12.6 Å². The van der Waals surface area contributed by atoms with E-state index < -0.39 is 26.7 Å². The van der Waals surface area contributed by atoms with Crippen LogP contribution in [0.4, 0.5) is 0 Å². The Balaban J connectivity index is 1.54. The van der Waals surface area contributed by atoms with Crippen molar-refractivity contribution in [1.82, 2.24) is 13.5 Å². The molecule has 0 N–H and O–H groups in total. The van der Waals surface area contributed by atoms with Crippen LogP contribution in [-0.2, 0) is 25.7 Å². The summed E-state index contributed by atoms with van der Waals surface area (Å²) in [5.74, 6) is -0.177. The molecule has 1 spiro atoms. The highest BCUT2D eigenvalue weighted by molar-refractivity contribution is 7.89. The number of sulfonamides is 1. The van der Waals surface area contributed by atoms with Crippen molar-refractivity contribution >= 4 is 32.6 Å². The quantitative estimate of drug-likeness (QED) is 0.291. The van der Waals surface area contributed by atoms with E-state index in [0.29, 0.717) is 35.5 Å². The lowest BCUT2D eigenvalue weighted by atomic mass is 10.0. The molecule has 2 saturated heterocycles. The Morgan fingerprint density at radius 3 is 2.02 bits per heavy atom. The van der Waals surface area contributed by atoms with E-state index in [2.05, 4.69) is 4.90 Å². The minimum Gasteiger partial charge on any atom is -0.358 e. The van der Waals surface area contributed by atoms with Gasteiger partial charge in [-0.15, -0.1) is 0 Å². The minimum atomic E-state index is -3.76. The van der Waals surface area contributed by atoms with E-state index in [9.17, 15) is 22.2 Å². The lowest BCUT2D eigenvalue weighted by Crippen LogP contribution is -2.56. The molecule has 2 atom stereocenters. The fourth-order valence-corrected chi connectivity index (χ4v) is 8.39. The highest BCUT2D eigenvalue weighted by Gasteiger charge is 2.53. The number of ketones is 2. The molecule has 0 bridgehead atoms. The average Bonchev–Trinajstić information content (AvgIpc) is 3.27. The second-order valence-corrected chi connectivity index (χ2v) is 14.2. The molecule has 2 aromatic carbocycles. The lowest BCUT2D eigenvalue weighted by Gasteiger charge is -2.43. The Hall–Kier alpha value is -2.28. The molecule has 2 aromatic rings. The topological polar surface area (TPSA) is 104 Å². The Labute approximate surface area is 240 Å². The molecule has 0 aliphatic carbocycles. The Morgan fingerprint density at radius 1 is 0.950 bits per heavy atom. The molecule has 2 fully saturated rings. The largest absolute Gasteiger partial charge is 0.358 e. The molecular weight excluding hydrogens is 550 g/mol. The minimum absolute atomic E-state index is 0.0541. The molecule has 11 heteroatoms. The lowest BCUT2D eigenvalue weighted by molar-refractivity contribution is -0.0802. The number of benzene rings is 2. The number of carbonyl (C=O) groups is 2. The zero-order chi connectivity index (χ0) is 29.1. The molecule has 9 nitrogen and oxygen atoms in total. The van der Waals surface area contributed by atoms with Gasteiger partial charge in [0.1, 0.15) is 16.7 Å². The van der Waals surface area contributed by atoms with Crippen molar-refractivity contribution < 1.29 is 27.0 Å². The summed E-state index contributed by atoms with van der Waals surface area (Å²) in [6.45, 7) is 4.78. The van der Waals surface area contributed by atoms with E-state index >= 15 is 0 Å². The molecule has 0 saturated carbocycles. The summed E-state index contributed by atoms with van der Waals surface area (Å²) in [5, 5.41) is 0. The molecule has 0 radical (unpaired) electrons. The van der Waals surface area contributed by atoms with Crippen LogP contribution in [0.1, 0.15) is 66.7 Å². The van der Waals surface area contributed by atoms with Crippen LogP contribution in [0, 0.1) is 0 Å². The maximum absolute atomic E-state index is 14.0. The summed E-state index contributed by atoms with van der Waals surface area (Å²) in [6, 6.07) is 12.8. The van der Waals surface area contributed by atoms with Gasteiger partial charge in [-0.1, -0.05) is 30.7 Å². The summed E-state index contributed by atoms with van der Waals surface area (Å²) >= 11 is 0. The number of rotatable bonds is 11. The van der Waals surface area contributed by atoms with Crippen molar-refractivity contribution in [1.29, 1.82) is 0 Å². The maximum Gasteiger partial charge on any atom is 0.243 e. The van der Waals surface area contributed by atoms with Crippen LogP contribution in [0.3, 0.4) is 0 Å². The second kappa shape index (κ2) is 12.7. The van der Waals surface area contributed by atoms with Gasteiger partial charge in [0.05, 0.1) is 16.4 Å². The highest BCUT2D eigenvalue weighted by Crippen LogP contribution is 2.42. The number of piperidine rings is 1. The molecule has 0 amide bonds. The number of nitrogens with zero attached hydrogens (tertiary/aromatic N) is 3. The molecule has 4 rings (SSSR count). The summed E-state index contributed by atoms with van der Waals surface area (Å²) in [6.07, 6.45) is 3.54. The number of hydrogen-bond donors (Lipinski definition) is 0. The van der Waals surface area contributed by atoms with Crippen LogP contribution < -0.4 is 0 Å². The molecular formula is C29H39N3O6S2. The zero-order valence-corrected chi connectivity index (χ0v) is 25.3. The van der Waals surface area contributed by atoms with Crippen LogP contribution in [0.15, 0.2) is 58.3 Å². The monoisotopic (exact) mass is 589 g/mol. The van der Waals surface area contributed by atoms with Crippen LogP contribution >= 0.6 is 0 Å². The van der Waals surface area contributed by atoms with E-state index in [-0.39, 0.29) is 35.6 Å². The number of hydrogen-bond acceptors (Lipinski definition) is 7. The van der Waals surface area contributed by atoms with Gasteiger partial charge >= 0.3 is 0 Å².